The molecule has 13 heavy (non-hydrogen) atoms. The van der Waals surface area contributed by atoms with Crippen LogP contribution in [0, 0.1) is 6.92 Å². The van der Waals surface area contributed by atoms with Gasteiger partial charge in [-0.05, 0) is 31.7 Å². The van der Waals surface area contributed by atoms with Gasteiger partial charge in [-0.2, -0.15) is 5.10 Å². The van der Waals surface area contributed by atoms with E-state index in [0.717, 1.165) is 19.3 Å². The molecule has 2 rings (SSSR count). The molecule has 1 heterocycles. The van der Waals surface area contributed by atoms with E-state index in [1.165, 1.54) is 11.3 Å². The van der Waals surface area contributed by atoms with Crippen molar-refractivity contribution in [1.29, 1.82) is 0 Å². The monoisotopic (exact) mass is 180 g/mol. The molecule has 1 saturated carbocycles. The van der Waals surface area contributed by atoms with Crippen LogP contribution in [-0.2, 0) is 7.05 Å². The molecule has 1 aromatic heterocycles. The highest BCUT2D eigenvalue weighted by Gasteiger charge is 2.27. The standard InChI is InChI=1S/C10H16N2O/c1-7-6-11-12(2)10(7)8-3-4-9(13)5-8/h6,8-9,13H,3-5H2,1-2H3. The van der Waals surface area contributed by atoms with Gasteiger partial charge in [-0.1, -0.05) is 0 Å². The van der Waals surface area contributed by atoms with Gasteiger partial charge >= 0.3 is 0 Å². The largest absolute Gasteiger partial charge is 0.393 e. The van der Waals surface area contributed by atoms with Gasteiger partial charge in [0.05, 0.1) is 12.3 Å². The second-order valence-electron chi connectivity index (χ2n) is 4.00. The lowest BCUT2D eigenvalue weighted by Crippen LogP contribution is -2.06. The van der Waals surface area contributed by atoms with Gasteiger partial charge in [-0.3, -0.25) is 4.68 Å². The van der Waals surface area contributed by atoms with E-state index in [9.17, 15) is 5.11 Å². The molecule has 0 spiro atoms. The molecule has 0 aromatic carbocycles. The lowest BCUT2D eigenvalue weighted by Gasteiger charge is -2.11. The zero-order valence-electron chi connectivity index (χ0n) is 8.20. The smallest absolute Gasteiger partial charge is 0.0546 e. The highest BCUT2D eigenvalue weighted by molar-refractivity contribution is 5.21. The van der Waals surface area contributed by atoms with Gasteiger partial charge in [0.1, 0.15) is 0 Å². The molecule has 1 fully saturated rings. The summed E-state index contributed by atoms with van der Waals surface area (Å²) in [6.07, 6.45) is 4.75. The van der Waals surface area contributed by atoms with Crippen LogP contribution in [0.3, 0.4) is 0 Å². The van der Waals surface area contributed by atoms with E-state index in [1.54, 1.807) is 0 Å². The second-order valence-corrected chi connectivity index (χ2v) is 4.00. The van der Waals surface area contributed by atoms with Crippen LogP contribution in [0.15, 0.2) is 6.20 Å². The maximum atomic E-state index is 9.45. The predicted molar refractivity (Wildman–Crippen MR) is 50.5 cm³/mol. The Labute approximate surface area is 78.4 Å². The predicted octanol–water partition coefficient (Wildman–Crippen LogP) is 1.36. The van der Waals surface area contributed by atoms with Crippen LogP contribution in [0.5, 0.6) is 0 Å². The summed E-state index contributed by atoms with van der Waals surface area (Å²) < 4.78 is 1.94. The number of aryl methyl sites for hydroxylation is 2. The Kier molecular flexibility index (Phi) is 2.12. The van der Waals surface area contributed by atoms with E-state index in [0.29, 0.717) is 5.92 Å². The first-order valence-corrected chi connectivity index (χ1v) is 4.85. The van der Waals surface area contributed by atoms with Gasteiger partial charge < -0.3 is 5.11 Å². The third-order valence-electron chi connectivity index (χ3n) is 2.97. The Morgan fingerprint density at radius 1 is 1.54 bits per heavy atom. The summed E-state index contributed by atoms with van der Waals surface area (Å²) in [4.78, 5) is 0. The number of hydrogen-bond acceptors (Lipinski definition) is 2. The fourth-order valence-corrected chi connectivity index (χ4v) is 2.35. The molecule has 0 amide bonds. The summed E-state index contributed by atoms with van der Waals surface area (Å²) in [6, 6.07) is 0. The SMILES string of the molecule is Cc1cnn(C)c1C1CCC(O)C1. The summed E-state index contributed by atoms with van der Waals surface area (Å²) in [5, 5.41) is 13.7. The summed E-state index contributed by atoms with van der Waals surface area (Å²) in [7, 11) is 1.98. The molecule has 1 aliphatic carbocycles. The van der Waals surface area contributed by atoms with Gasteiger partial charge in [0, 0.05) is 18.7 Å². The molecule has 3 heteroatoms. The maximum absolute atomic E-state index is 9.45. The highest BCUT2D eigenvalue weighted by Crippen LogP contribution is 2.35. The second kappa shape index (κ2) is 3.14. The Balaban J connectivity index is 2.25. The molecule has 2 unspecified atom stereocenters. The summed E-state index contributed by atoms with van der Waals surface area (Å²) in [6.45, 7) is 2.09. The van der Waals surface area contributed by atoms with Gasteiger partial charge in [0.15, 0.2) is 0 Å². The van der Waals surface area contributed by atoms with Gasteiger partial charge in [0.2, 0.25) is 0 Å². The van der Waals surface area contributed by atoms with Crippen LogP contribution in [0.25, 0.3) is 0 Å². The average molecular weight is 180 g/mol. The summed E-state index contributed by atoms with van der Waals surface area (Å²) in [5.41, 5.74) is 2.55. The van der Waals surface area contributed by atoms with E-state index in [4.69, 9.17) is 0 Å². The number of aliphatic hydroxyl groups is 1. The third kappa shape index (κ3) is 1.48. The molecule has 0 bridgehead atoms. The van der Waals surface area contributed by atoms with E-state index >= 15 is 0 Å². The molecule has 0 aliphatic heterocycles. The van der Waals surface area contributed by atoms with Crippen molar-refractivity contribution in [3.05, 3.63) is 17.5 Å². The minimum Gasteiger partial charge on any atom is -0.393 e. The topological polar surface area (TPSA) is 38.0 Å². The van der Waals surface area contributed by atoms with Crippen molar-refractivity contribution < 1.29 is 5.11 Å². The number of aromatic nitrogens is 2. The molecule has 0 saturated heterocycles. The quantitative estimate of drug-likeness (QED) is 0.708. The zero-order valence-corrected chi connectivity index (χ0v) is 8.20. The Bertz CT molecular complexity index is 286. The Morgan fingerprint density at radius 2 is 2.31 bits per heavy atom. The van der Waals surface area contributed by atoms with Crippen molar-refractivity contribution in [2.75, 3.05) is 0 Å². The molecule has 3 nitrogen and oxygen atoms in total. The van der Waals surface area contributed by atoms with Crippen molar-refractivity contribution in [1.82, 2.24) is 9.78 Å². The maximum Gasteiger partial charge on any atom is 0.0546 e. The van der Waals surface area contributed by atoms with Crippen LogP contribution in [-0.4, -0.2) is 21.0 Å². The van der Waals surface area contributed by atoms with Crippen LogP contribution in [0.2, 0.25) is 0 Å². The van der Waals surface area contributed by atoms with Gasteiger partial charge in [-0.25, -0.2) is 0 Å². The molecule has 2 atom stereocenters. The molecule has 1 aromatic rings. The number of nitrogens with zero attached hydrogens (tertiary/aromatic N) is 2. The number of rotatable bonds is 1. The molecule has 1 aliphatic rings. The summed E-state index contributed by atoms with van der Waals surface area (Å²) in [5.74, 6) is 0.516. The van der Waals surface area contributed by atoms with Gasteiger partial charge in [0.25, 0.3) is 0 Å². The molecule has 72 valence electrons. The van der Waals surface area contributed by atoms with E-state index in [1.807, 2.05) is 17.9 Å². The molecular weight excluding hydrogens is 164 g/mol. The molecule has 1 N–H and O–H groups in total. The molecular formula is C10H16N2O. The Hall–Kier alpha value is -0.830. The first-order chi connectivity index (χ1) is 6.18. The number of hydrogen-bond donors (Lipinski definition) is 1. The third-order valence-corrected chi connectivity index (χ3v) is 2.97. The van der Waals surface area contributed by atoms with Crippen LogP contribution >= 0.6 is 0 Å². The highest BCUT2D eigenvalue weighted by atomic mass is 16.3. The van der Waals surface area contributed by atoms with Gasteiger partial charge in [-0.15, -0.1) is 0 Å². The Morgan fingerprint density at radius 3 is 2.77 bits per heavy atom. The zero-order chi connectivity index (χ0) is 9.42. The van der Waals surface area contributed by atoms with E-state index in [2.05, 4.69) is 12.0 Å². The first kappa shape index (κ1) is 8.75. The summed E-state index contributed by atoms with van der Waals surface area (Å²) >= 11 is 0. The van der Waals surface area contributed by atoms with Crippen molar-refractivity contribution >= 4 is 0 Å². The minimum atomic E-state index is -0.0979. The van der Waals surface area contributed by atoms with Crippen molar-refractivity contribution in [3.8, 4) is 0 Å². The minimum absolute atomic E-state index is 0.0979. The fraction of sp³-hybridized carbons (Fsp3) is 0.700. The van der Waals surface area contributed by atoms with Crippen LogP contribution < -0.4 is 0 Å². The van der Waals surface area contributed by atoms with Crippen molar-refractivity contribution in [3.63, 3.8) is 0 Å². The van der Waals surface area contributed by atoms with Crippen LogP contribution in [0.1, 0.15) is 36.4 Å². The van der Waals surface area contributed by atoms with E-state index < -0.39 is 0 Å². The van der Waals surface area contributed by atoms with Crippen molar-refractivity contribution in [2.24, 2.45) is 7.05 Å². The van der Waals surface area contributed by atoms with E-state index in [-0.39, 0.29) is 6.10 Å². The average Bonchev–Trinajstić information content (AvgIpc) is 2.60. The first-order valence-electron chi connectivity index (χ1n) is 4.85. The molecule has 0 radical (unpaired) electrons. The number of aliphatic hydroxyl groups excluding tert-OH is 1. The fourth-order valence-electron chi connectivity index (χ4n) is 2.35. The lowest BCUT2D eigenvalue weighted by molar-refractivity contribution is 0.181. The van der Waals surface area contributed by atoms with Crippen LogP contribution in [0.4, 0.5) is 0 Å². The van der Waals surface area contributed by atoms with Crippen molar-refractivity contribution in [2.45, 2.75) is 38.2 Å². The normalized spacial score (nSPS) is 28.2. The lowest BCUT2D eigenvalue weighted by atomic mass is 10.0.